The average molecular weight is 323 g/mol. The van der Waals surface area contributed by atoms with Crippen molar-refractivity contribution in [3.63, 3.8) is 0 Å². The lowest BCUT2D eigenvalue weighted by atomic mass is 10.2. The normalized spacial score (nSPS) is 19.0. The first-order chi connectivity index (χ1) is 10.5. The van der Waals surface area contributed by atoms with Crippen LogP contribution in [0.25, 0.3) is 5.65 Å². The number of nitrogens with one attached hydrogen (secondary N) is 1. The van der Waals surface area contributed by atoms with Crippen LogP contribution < -0.4 is 4.72 Å². The summed E-state index contributed by atoms with van der Waals surface area (Å²) >= 11 is 0. The Morgan fingerprint density at radius 2 is 2.32 bits per heavy atom. The molecule has 0 radical (unpaired) electrons. The van der Waals surface area contributed by atoms with Gasteiger partial charge in [-0.2, -0.15) is 0 Å². The second kappa shape index (κ2) is 6.36. The first-order valence-electron chi connectivity index (χ1n) is 7.56. The summed E-state index contributed by atoms with van der Waals surface area (Å²) in [4.78, 5) is 4.43. The van der Waals surface area contributed by atoms with Crippen molar-refractivity contribution in [3.8, 4) is 0 Å². The molecule has 1 fully saturated rings. The molecule has 22 heavy (non-hydrogen) atoms. The molecule has 0 unspecified atom stereocenters. The maximum atomic E-state index is 12.0. The predicted octanol–water partition coefficient (Wildman–Crippen LogP) is 1.63. The smallest absolute Gasteiger partial charge is 0.212 e. The molecule has 7 heteroatoms. The van der Waals surface area contributed by atoms with Crippen molar-refractivity contribution in [1.82, 2.24) is 14.1 Å². The summed E-state index contributed by atoms with van der Waals surface area (Å²) in [5.74, 6) is 0.101. The third-order valence-corrected chi connectivity index (χ3v) is 5.31. The first kappa shape index (κ1) is 15.5. The summed E-state index contributed by atoms with van der Waals surface area (Å²) in [6, 6.07) is 5.83. The summed E-state index contributed by atoms with van der Waals surface area (Å²) in [6.07, 6.45) is 4.50. The Morgan fingerprint density at radius 1 is 1.45 bits per heavy atom. The Kier molecular flexibility index (Phi) is 4.46. The number of nitrogens with zero attached hydrogens (tertiary/aromatic N) is 2. The highest BCUT2D eigenvalue weighted by Gasteiger charge is 2.19. The minimum Gasteiger partial charge on any atom is -0.378 e. The van der Waals surface area contributed by atoms with E-state index < -0.39 is 10.0 Å². The minimum atomic E-state index is -3.29. The lowest BCUT2D eigenvalue weighted by molar-refractivity contribution is 0.109. The maximum Gasteiger partial charge on any atom is 0.212 e. The summed E-state index contributed by atoms with van der Waals surface area (Å²) in [5.41, 5.74) is 2.61. The largest absolute Gasteiger partial charge is 0.378 e. The van der Waals surface area contributed by atoms with Gasteiger partial charge >= 0.3 is 0 Å². The Morgan fingerprint density at radius 3 is 3.05 bits per heavy atom. The molecule has 0 bridgehead atoms. The van der Waals surface area contributed by atoms with Gasteiger partial charge in [-0.15, -0.1) is 0 Å². The van der Waals surface area contributed by atoms with E-state index in [1.54, 1.807) is 0 Å². The molecule has 0 saturated carbocycles. The van der Waals surface area contributed by atoms with Gasteiger partial charge in [0.25, 0.3) is 0 Å². The topological polar surface area (TPSA) is 72.7 Å². The Labute approximate surface area is 130 Å². The molecule has 120 valence electrons. The third kappa shape index (κ3) is 3.66. The molecule has 0 spiro atoms. The van der Waals surface area contributed by atoms with E-state index >= 15 is 0 Å². The van der Waals surface area contributed by atoms with Crippen molar-refractivity contribution in [1.29, 1.82) is 0 Å². The van der Waals surface area contributed by atoms with Gasteiger partial charge in [-0.1, -0.05) is 6.07 Å². The van der Waals surface area contributed by atoms with Crippen molar-refractivity contribution >= 4 is 15.7 Å². The van der Waals surface area contributed by atoms with Crippen LogP contribution in [0.3, 0.4) is 0 Å². The van der Waals surface area contributed by atoms with Crippen molar-refractivity contribution in [2.24, 2.45) is 0 Å². The molecule has 3 heterocycles. The fraction of sp³-hybridized carbons (Fsp3) is 0.533. The molecule has 1 aliphatic rings. The maximum absolute atomic E-state index is 12.0. The zero-order chi connectivity index (χ0) is 15.6. The number of aromatic nitrogens is 2. The zero-order valence-corrected chi connectivity index (χ0v) is 13.5. The predicted molar refractivity (Wildman–Crippen MR) is 84.1 cm³/mol. The summed E-state index contributed by atoms with van der Waals surface area (Å²) in [5, 5.41) is 0. The molecule has 1 saturated heterocycles. The van der Waals surface area contributed by atoms with E-state index in [1.807, 2.05) is 35.7 Å². The van der Waals surface area contributed by atoms with Gasteiger partial charge in [-0.05, 0) is 38.3 Å². The number of pyridine rings is 1. The van der Waals surface area contributed by atoms with Gasteiger partial charge in [0, 0.05) is 18.5 Å². The van der Waals surface area contributed by atoms with Crippen LogP contribution in [-0.4, -0.2) is 36.3 Å². The molecule has 2 aromatic heterocycles. The van der Waals surface area contributed by atoms with E-state index in [9.17, 15) is 8.42 Å². The number of sulfonamides is 1. The number of rotatable bonds is 6. The second-order valence-corrected chi connectivity index (χ2v) is 7.62. The van der Waals surface area contributed by atoms with E-state index in [2.05, 4.69) is 9.71 Å². The Balaban J connectivity index is 1.58. The molecule has 3 rings (SSSR count). The van der Waals surface area contributed by atoms with Crippen molar-refractivity contribution in [3.05, 3.63) is 35.8 Å². The van der Waals surface area contributed by atoms with Crippen LogP contribution in [0.1, 0.15) is 30.7 Å². The zero-order valence-electron chi connectivity index (χ0n) is 12.7. The van der Waals surface area contributed by atoms with E-state index in [4.69, 9.17) is 4.74 Å². The van der Waals surface area contributed by atoms with Crippen LogP contribution in [0, 0.1) is 6.92 Å². The molecule has 1 N–H and O–H groups in total. The lowest BCUT2D eigenvalue weighted by Gasteiger charge is -2.09. The summed E-state index contributed by atoms with van der Waals surface area (Å²) in [6.45, 7) is 2.96. The number of fused-ring (bicyclic) bond motifs is 1. The van der Waals surface area contributed by atoms with E-state index in [0.717, 1.165) is 36.5 Å². The van der Waals surface area contributed by atoms with Crippen LogP contribution in [0.5, 0.6) is 0 Å². The molecule has 0 aromatic carbocycles. The quantitative estimate of drug-likeness (QED) is 0.877. The summed E-state index contributed by atoms with van der Waals surface area (Å²) in [7, 11) is -3.29. The molecule has 6 nitrogen and oxygen atoms in total. The molecular weight excluding hydrogens is 302 g/mol. The Bertz CT molecular complexity index is 748. The number of aryl methyl sites for hydroxylation is 1. The minimum absolute atomic E-state index is 0.0921. The van der Waals surface area contributed by atoms with Crippen LogP contribution in [0.2, 0.25) is 0 Å². The number of hydrogen-bond donors (Lipinski definition) is 1. The van der Waals surface area contributed by atoms with Crippen LogP contribution in [0.4, 0.5) is 0 Å². The number of hydrogen-bond acceptors (Lipinski definition) is 4. The monoisotopic (exact) mass is 323 g/mol. The molecule has 0 aliphatic carbocycles. The van der Waals surface area contributed by atoms with Gasteiger partial charge in [-0.3, -0.25) is 0 Å². The van der Waals surface area contributed by atoms with Crippen LogP contribution in [0.15, 0.2) is 24.4 Å². The highest BCUT2D eigenvalue weighted by Crippen LogP contribution is 2.16. The molecule has 0 amide bonds. The Hall–Kier alpha value is -1.44. The van der Waals surface area contributed by atoms with Crippen molar-refractivity contribution < 1.29 is 13.2 Å². The van der Waals surface area contributed by atoms with Gasteiger partial charge in [0.15, 0.2) is 0 Å². The lowest BCUT2D eigenvalue weighted by Crippen LogP contribution is -2.28. The first-order valence-corrected chi connectivity index (χ1v) is 9.21. The fourth-order valence-corrected chi connectivity index (χ4v) is 3.78. The van der Waals surface area contributed by atoms with E-state index in [1.165, 1.54) is 0 Å². The summed E-state index contributed by atoms with van der Waals surface area (Å²) < 4.78 is 34.1. The average Bonchev–Trinajstić information content (AvgIpc) is 3.13. The van der Waals surface area contributed by atoms with Crippen molar-refractivity contribution in [2.75, 3.05) is 12.4 Å². The number of imidazole rings is 1. The van der Waals surface area contributed by atoms with E-state index in [-0.39, 0.29) is 18.4 Å². The van der Waals surface area contributed by atoms with Gasteiger partial charge in [-0.25, -0.2) is 18.1 Å². The standard InChI is InChI=1S/C15H21N3O3S/c1-12-4-2-6-15-17-13(11-18(12)15)10-16-22(19,20)9-7-14-5-3-8-21-14/h2,4,6,11,14,16H,3,5,7-10H2,1H3/t14-/m1/s1. The van der Waals surface area contributed by atoms with Crippen LogP contribution in [-0.2, 0) is 21.3 Å². The van der Waals surface area contributed by atoms with Gasteiger partial charge < -0.3 is 9.14 Å². The van der Waals surface area contributed by atoms with Gasteiger partial charge in [0.1, 0.15) is 5.65 Å². The number of ether oxygens (including phenoxy) is 1. The second-order valence-electron chi connectivity index (χ2n) is 5.69. The molecule has 2 aromatic rings. The van der Waals surface area contributed by atoms with Gasteiger partial charge in [0.05, 0.1) is 24.1 Å². The van der Waals surface area contributed by atoms with Crippen LogP contribution >= 0.6 is 0 Å². The molecule has 1 atom stereocenters. The SMILES string of the molecule is Cc1cccc2nc(CNS(=O)(=O)CC[C@H]3CCCO3)cn12. The highest BCUT2D eigenvalue weighted by atomic mass is 32.2. The van der Waals surface area contributed by atoms with Gasteiger partial charge in [0.2, 0.25) is 10.0 Å². The highest BCUT2D eigenvalue weighted by molar-refractivity contribution is 7.89. The third-order valence-electron chi connectivity index (χ3n) is 3.95. The molecule has 1 aliphatic heterocycles. The van der Waals surface area contributed by atoms with Crippen molar-refractivity contribution in [2.45, 2.75) is 38.8 Å². The molecular formula is C15H21N3O3S. The fourth-order valence-electron chi connectivity index (χ4n) is 2.70. The van der Waals surface area contributed by atoms with E-state index in [0.29, 0.717) is 6.42 Å².